The number of hydrogen-bond acceptors (Lipinski definition) is 4. The molecule has 4 aromatic rings. The van der Waals surface area contributed by atoms with Crippen molar-refractivity contribution >= 4 is 16.2 Å². The molecule has 0 bridgehead atoms. The molecule has 5 nitrogen and oxygen atoms in total. The number of aliphatic hydroxyl groups is 1. The van der Waals surface area contributed by atoms with Crippen LogP contribution in [0.5, 0.6) is 0 Å². The van der Waals surface area contributed by atoms with Crippen LogP contribution in [0.4, 0.5) is 0 Å². The molecule has 0 aliphatic heterocycles. The molecule has 1 N–H and O–H groups in total. The predicted octanol–water partition coefficient (Wildman–Crippen LogP) is 2.65. The minimum Gasteiger partial charge on any atom is -0.383 e. The van der Waals surface area contributed by atoms with Gasteiger partial charge in [0.05, 0.1) is 11.4 Å². The Labute approximate surface area is 153 Å². The van der Waals surface area contributed by atoms with E-state index in [2.05, 4.69) is 0 Å². The number of fused-ring (bicyclic) bond motifs is 1. The summed E-state index contributed by atoms with van der Waals surface area (Å²) in [4.78, 5) is 26.3. The van der Waals surface area contributed by atoms with Crippen LogP contribution >= 0.6 is 11.3 Å². The van der Waals surface area contributed by atoms with Gasteiger partial charge in [0.2, 0.25) is 0 Å². The second kappa shape index (κ2) is 6.74. The molecular formula is C20H16N2O3S. The molecule has 0 spiro atoms. The van der Waals surface area contributed by atoms with Crippen LogP contribution in [0, 0.1) is 0 Å². The third-order valence-corrected chi connectivity index (χ3v) is 5.32. The van der Waals surface area contributed by atoms with Crippen LogP contribution in [0.1, 0.15) is 22.1 Å². The Bertz CT molecular complexity index is 1160. The van der Waals surface area contributed by atoms with Gasteiger partial charge in [-0.15, -0.1) is 11.3 Å². The first kappa shape index (κ1) is 16.5. The highest BCUT2D eigenvalue weighted by Gasteiger charge is 2.16. The maximum Gasteiger partial charge on any atom is 0.336 e. The average Bonchev–Trinajstić information content (AvgIpc) is 3.10. The van der Waals surface area contributed by atoms with Gasteiger partial charge in [0.1, 0.15) is 10.9 Å². The molecule has 0 fully saturated rings. The average molecular weight is 364 g/mol. The van der Waals surface area contributed by atoms with Crippen molar-refractivity contribution in [3.63, 3.8) is 0 Å². The summed E-state index contributed by atoms with van der Waals surface area (Å²) in [6.45, 7) is 0.216. The standard InChI is InChI=1S/C20H16N2O3S/c23-17-11-18-22(20(25)21(17)12-14-7-3-1-4-8-14)13-16(26-18)19(24)15-9-5-2-6-10-15/h1-11,13,19,24H,12H2. The molecule has 0 aliphatic rings. The Kier molecular flexibility index (Phi) is 4.28. The molecule has 130 valence electrons. The van der Waals surface area contributed by atoms with Gasteiger partial charge >= 0.3 is 5.69 Å². The van der Waals surface area contributed by atoms with Crippen LogP contribution in [-0.4, -0.2) is 14.1 Å². The zero-order chi connectivity index (χ0) is 18.1. The zero-order valence-corrected chi connectivity index (χ0v) is 14.6. The lowest BCUT2D eigenvalue weighted by Crippen LogP contribution is -2.36. The fraction of sp³-hybridized carbons (Fsp3) is 0.100. The summed E-state index contributed by atoms with van der Waals surface area (Å²) < 4.78 is 2.63. The largest absolute Gasteiger partial charge is 0.383 e. The highest BCUT2D eigenvalue weighted by atomic mass is 32.1. The van der Waals surface area contributed by atoms with E-state index >= 15 is 0 Å². The van der Waals surface area contributed by atoms with Crippen LogP contribution in [-0.2, 0) is 6.54 Å². The minimum atomic E-state index is -0.835. The van der Waals surface area contributed by atoms with Crippen molar-refractivity contribution in [3.8, 4) is 0 Å². The van der Waals surface area contributed by atoms with E-state index in [0.29, 0.717) is 9.71 Å². The lowest BCUT2D eigenvalue weighted by Gasteiger charge is -2.07. The Morgan fingerprint density at radius 2 is 1.62 bits per heavy atom. The first-order chi connectivity index (χ1) is 12.6. The molecule has 0 radical (unpaired) electrons. The molecule has 0 saturated carbocycles. The van der Waals surface area contributed by atoms with E-state index in [-0.39, 0.29) is 12.1 Å². The van der Waals surface area contributed by atoms with Crippen LogP contribution in [0.15, 0.2) is 82.5 Å². The van der Waals surface area contributed by atoms with E-state index in [1.165, 1.54) is 26.4 Å². The van der Waals surface area contributed by atoms with Gasteiger partial charge in [-0.2, -0.15) is 0 Å². The van der Waals surface area contributed by atoms with Gasteiger partial charge in [-0.1, -0.05) is 60.7 Å². The zero-order valence-electron chi connectivity index (χ0n) is 13.8. The monoisotopic (exact) mass is 364 g/mol. The maximum absolute atomic E-state index is 12.8. The van der Waals surface area contributed by atoms with E-state index in [0.717, 1.165) is 11.1 Å². The number of aliphatic hydroxyl groups excluding tert-OH is 1. The lowest BCUT2D eigenvalue weighted by molar-refractivity contribution is 0.224. The Morgan fingerprint density at radius 1 is 0.962 bits per heavy atom. The summed E-state index contributed by atoms with van der Waals surface area (Å²) in [6.07, 6.45) is 0.777. The minimum absolute atomic E-state index is 0.216. The molecule has 2 aromatic heterocycles. The first-order valence-corrected chi connectivity index (χ1v) is 8.98. The van der Waals surface area contributed by atoms with Crippen molar-refractivity contribution in [1.82, 2.24) is 8.97 Å². The number of thiazole rings is 1. The van der Waals surface area contributed by atoms with Crippen LogP contribution < -0.4 is 11.2 Å². The van der Waals surface area contributed by atoms with Gasteiger partial charge in [0.25, 0.3) is 5.56 Å². The van der Waals surface area contributed by atoms with Crippen molar-refractivity contribution < 1.29 is 5.11 Å². The van der Waals surface area contributed by atoms with Crippen molar-refractivity contribution in [3.05, 3.63) is 110 Å². The molecule has 1 atom stereocenters. The number of hydrogen-bond donors (Lipinski definition) is 1. The van der Waals surface area contributed by atoms with Gasteiger partial charge in [0, 0.05) is 12.3 Å². The smallest absolute Gasteiger partial charge is 0.336 e. The van der Waals surface area contributed by atoms with Crippen molar-refractivity contribution in [2.45, 2.75) is 12.6 Å². The highest BCUT2D eigenvalue weighted by molar-refractivity contribution is 7.17. The molecule has 2 aromatic carbocycles. The van der Waals surface area contributed by atoms with Crippen LogP contribution in [0.3, 0.4) is 0 Å². The van der Waals surface area contributed by atoms with E-state index in [1.54, 1.807) is 6.20 Å². The second-order valence-electron chi connectivity index (χ2n) is 5.99. The number of nitrogens with zero attached hydrogens (tertiary/aromatic N) is 2. The van der Waals surface area contributed by atoms with Gasteiger partial charge in [0.15, 0.2) is 0 Å². The third-order valence-electron chi connectivity index (χ3n) is 4.23. The lowest BCUT2D eigenvalue weighted by atomic mass is 10.1. The second-order valence-corrected chi connectivity index (χ2v) is 7.09. The topological polar surface area (TPSA) is 63.7 Å². The predicted molar refractivity (Wildman–Crippen MR) is 102 cm³/mol. The third kappa shape index (κ3) is 3.00. The summed E-state index contributed by atoms with van der Waals surface area (Å²) in [5.41, 5.74) is 0.874. The number of benzene rings is 2. The summed E-state index contributed by atoms with van der Waals surface area (Å²) in [5.74, 6) is 0. The summed E-state index contributed by atoms with van der Waals surface area (Å²) >= 11 is 1.24. The van der Waals surface area contributed by atoms with E-state index < -0.39 is 11.8 Å². The maximum atomic E-state index is 12.8. The molecule has 0 amide bonds. The Morgan fingerprint density at radius 3 is 2.31 bits per heavy atom. The first-order valence-electron chi connectivity index (χ1n) is 8.16. The van der Waals surface area contributed by atoms with E-state index in [4.69, 9.17) is 0 Å². The molecule has 6 heteroatoms. The molecule has 1 unspecified atom stereocenters. The molecular weight excluding hydrogens is 348 g/mol. The molecule has 0 saturated heterocycles. The van der Waals surface area contributed by atoms with Crippen molar-refractivity contribution in [2.75, 3.05) is 0 Å². The van der Waals surface area contributed by atoms with Crippen LogP contribution in [0.2, 0.25) is 0 Å². The quantitative estimate of drug-likeness (QED) is 0.605. The molecule has 4 rings (SSSR count). The summed E-state index contributed by atoms with van der Waals surface area (Å²) in [5, 5.41) is 10.6. The highest BCUT2D eigenvalue weighted by Crippen LogP contribution is 2.27. The van der Waals surface area contributed by atoms with Crippen molar-refractivity contribution in [2.24, 2.45) is 0 Å². The summed E-state index contributed by atoms with van der Waals surface area (Å²) in [7, 11) is 0. The molecule has 0 aliphatic carbocycles. The number of aromatic nitrogens is 2. The van der Waals surface area contributed by atoms with Gasteiger partial charge in [-0.05, 0) is 11.1 Å². The summed E-state index contributed by atoms with van der Waals surface area (Å²) in [6, 6.07) is 20.0. The van der Waals surface area contributed by atoms with Gasteiger partial charge in [-0.3, -0.25) is 13.8 Å². The normalized spacial score (nSPS) is 12.3. The molecule has 2 heterocycles. The molecule has 26 heavy (non-hydrogen) atoms. The fourth-order valence-electron chi connectivity index (χ4n) is 2.88. The fourth-order valence-corrected chi connectivity index (χ4v) is 3.92. The Balaban J connectivity index is 1.78. The van der Waals surface area contributed by atoms with Gasteiger partial charge in [-0.25, -0.2) is 4.79 Å². The van der Waals surface area contributed by atoms with E-state index in [1.807, 2.05) is 60.7 Å². The van der Waals surface area contributed by atoms with Crippen molar-refractivity contribution in [1.29, 1.82) is 0 Å². The van der Waals surface area contributed by atoms with Gasteiger partial charge < -0.3 is 5.11 Å². The Hall–Kier alpha value is -2.96. The van der Waals surface area contributed by atoms with E-state index in [9.17, 15) is 14.7 Å². The van der Waals surface area contributed by atoms with Crippen LogP contribution in [0.25, 0.3) is 4.83 Å². The number of rotatable bonds is 4. The SMILES string of the molecule is O=c1cc2sc(C(O)c3ccccc3)cn2c(=O)n1Cc1ccccc1.